The largest absolute Gasteiger partial charge is 0.478 e. The van der Waals surface area contributed by atoms with Gasteiger partial charge in [0.15, 0.2) is 0 Å². The first-order chi connectivity index (χ1) is 6.97. The SMILES string of the molecule is Cc1cc(C(=O)O)c(C(F)F)c(CCl)n1. The van der Waals surface area contributed by atoms with E-state index in [-0.39, 0.29) is 11.6 Å². The molecule has 1 N–H and O–H groups in total. The van der Waals surface area contributed by atoms with Crippen molar-refractivity contribution in [2.45, 2.75) is 19.2 Å². The summed E-state index contributed by atoms with van der Waals surface area (Å²) in [5, 5.41) is 8.75. The highest BCUT2D eigenvalue weighted by Gasteiger charge is 2.23. The summed E-state index contributed by atoms with van der Waals surface area (Å²) in [5.41, 5.74) is -0.757. The van der Waals surface area contributed by atoms with Crippen molar-refractivity contribution < 1.29 is 18.7 Å². The normalized spacial score (nSPS) is 10.7. The Kier molecular flexibility index (Phi) is 3.57. The van der Waals surface area contributed by atoms with E-state index in [4.69, 9.17) is 16.7 Å². The minimum atomic E-state index is -2.89. The number of nitrogens with zero attached hydrogens (tertiary/aromatic N) is 1. The predicted octanol–water partition coefficient (Wildman–Crippen LogP) is 2.76. The molecule has 0 aliphatic carbocycles. The summed E-state index contributed by atoms with van der Waals surface area (Å²) < 4.78 is 25.2. The zero-order chi connectivity index (χ0) is 11.6. The molecule has 1 aromatic heterocycles. The monoisotopic (exact) mass is 235 g/mol. The van der Waals surface area contributed by atoms with Crippen molar-refractivity contribution in [3.05, 3.63) is 28.6 Å². The van der Waals surface area contributed by atoms with E-state index in [1.165, 1.54) is 6.92 Å². The Bertz CT molecular complexity index is 396. The fourth-order valence-electron chi connectivity index (χ4n) is 1.27. The van der Waals surface area contributed by atoms with Crippen LogP contribution in [0.15, 0.2) is 6.07 Å². The molecule has 0 spiro atoms. The number of alkyl halides is 3. The Balaban J connectivity index is 3.47. The van der Waals surface area contributed by atoms with Crippen LogP contribution >= 0.6 is 11.6 Å². The molecule has 0 aliphatic heterocycles. The molecule has 0 saturated carbocycles. The lowest BCUT2D eigenvalue weighted by Crippen LogP contribution is -2.09. The number of rotatable bonds is 3. The highest BCUT2D eigenvalue weighted by molar-refractivity contribution is 6.17. The molecule has 3 nitrogen and oxygen atoms in total. The molecule has 1 heterocycles. The third-order valence-electron chi connectivity index (χ3n) is 1.84. The minimum Gasteiger partial charge on any atom is -0.478 e. The number of aryl methyl sites for hydroxylation is 1. The van der Waals surface area contributed by atoms with Crippen LogP contribution in [0.4, 0.5) is 8.78 Å². The second kappa shape index (κ2) is 4.53. The number of hydrogen-bond acceptors (Lipinski definition) is 2. The lowest BCUT2D eigenvalue weighted by Gasteiger charge is -2.10. The molecule has 1 rings (SSSR count). The third kappa shape index (κ3) is 2.41. The Hall–Kier alpha value is -1.23. The van der Waals surface area contributed by atoms with E-state index in [1.807, 2.05) is 0 Å². The van der Waals surface area contributed by atoms with Crippen LogP contribution in [0.1, 0.15) is 33.7 Å². The van der Waals surface area contributed by atoms with Gasteiger partial charge in [-0.3, -0.25) is 4.98 Å². The van der Waals surface area contributed by atoms with Crippen LogP contribution in [0.25, 0.3) is 0 Å². The molecule has 15 heavy (non-hydrogen) atoms. The molecule has 6 heteroatoms. The summed E-state index contributed by atoms with van der Waals surface area (Å²) in [6, 6.07) is 1.11. The first-order valence-corrected chi connectivity index (χ1v) is 4.58. The number of halogens is 3. The van der Waals surface area contributed by atoms with Gasteiger partial charge in [-0.2, -0.15) is 0 Å². The Morgan fingerprint density at radius 2 is 2.27 bits per heavy atom. The molecule has 82 valence electrons. The molecule has 1 aromatic rings. The zero-order valence-corrected chi connectivity index (χ0v) is 8.55. The standard InChI is InChI=1S/C9H8ClF2NO2/c1-4-2-5(9(14)15)7(8(11)12)6(3-10)13-4/h2,8H,3H2,1H3,(H,14,15). The number of aromatic carboxylic acids is 1. The van der Waals surface area contributed by atoms with E-state index in [0.29, 0.717) is 5.69 Å². The van der Waals surface area contributed by atoms with E-state index in [0.717, 1.165) is 6.07 Å². The van der Waals surface area contributed by atoms with Gasteiger partial charge < -0.3 is 5.11 Å². The molecule has 0 radical (unpaired) electrons. The average Bonchev–Trinajstić information content (AvgIpc) is 2.15. The topological polar surface area (TPSA) is 50.2 Å². The molecular formula is C9H8ClF2NO2. The van der Waals surface area contributed by atoms with Crippen molar-refractivity contribution in [3.63, 3.8) is 0 Å². The fraction of sp³-hybridized carbons (Fsp3) is 0.333. The van der Waals surface area contributed by atoms with Crippen LogP contribution in [0, 0.1) is 6.92 Å². The predicted molar refractivity (Wildman–Crippen MR) is 50.4 cm³/mol. The van der Waals surface area contributed by atoms with Crippen LogP contribution in [0.2, 0.25) is 0 Å². The lowest BCUT2D eigenvalue weighted by atomic mass is 10.1. The van der Waals surface area contributed by atoms with Crippen LogP contribution in [-0.2, 0) is 5.88 Å². The van der Waals surface area contributed by atoms with Crippen LogP contribution in [0.5, 0.6) is 0 Å². The second-order valence-corrected chi connectivity index (χ2v) is 3.18. The highest BCUT2D eigenvalue weighted by Crippen LogP contribution is 2.27. The molecule has 0 unspecified atom stereocenters. The van der Waals surface area contributed by atoms with Crippen molar-refractivity contribution in [2.24, 2.45) is 0 Å². The Labute approximate surface area is 89.7 Å². The minimum absolute atomic E-state index is 0.0796. The maximum Gasteiger partial charge on any atom is 0.336 e. The van der Waals surface area contributed by atoms with E-state index in [1.54, 1.807) is 0 Å². The van der Waals surface area contributed by atoms with Crippen molar-refractivity contribution >= 4 is 17.6 Å². The Morgan fingerprint density at radius 3 is 2.67 bits per heavy atom. The fourth-order valence-corrected chi connectivity index (χ4v) is 1.47. The first-order valence-electron chi connectivity index (χ1n) is 4.05. The van der Waals surface area contributed by atoms with Crippen molar-refractivity contribution in [1.29, 1.82) is 0 Å². The van der Waals surface area contributed by atoms with Gasteiger partial charge in [-0.1, -0.05) is 0 Å². The summed E-state index contributed by atoms with van der Waals surface area (Å²) in [5.74, 6) is -1.64. The second-order valence-electron chi connectivity index (χ2n) is 2.91. The Morgan fingerprint density at radius 1 is 1.67 bits per heavy atom. The molecule has 0 bridgehead atoms. The molecule has 0 fully saturated rings. The van der Waals surface area contributed by atoms with Gasteiger partial charge in [-0.15, -0.1) is 11.6 Å². The van der Waals surface area contributed by atoms with Crippen LogP contribution < -0.4 is 0 Å². The number of carboxylic acid groups (broad SMARTS) is 1. The van der Waals surface area contributed by atoms with Crippen LogP contribution in [-0.4, -0.2) is 16.1 Å². The molecular weight excluding hydrogens is 228 g/mol. The zero-order valence-electron chi connectivity index (χ0n) is 7.80. The molecule has 0 aliphatic rings. The van der Waals surface area contributed by atoms with Crippen molar-refractivity contribution in [1.82, 2.24) is 4.98 Å². The summed E-state index contributed by atoms with van der Waals surface area (Å²) in [4.78, 5) is 14.5. The third-order valence-corrected chi connectivity index (χ3v) is 2.09. The number of carboxylic acids is 1. The van der Waals surface area contributed by atoms with E-state index < -0.39 is 23.5 Å². The van der Waals surface area contributed by atoms with Gasteiger partial charge >= 0.3 is 5.97 Å². The summed E-state index contributed by atoms with van der Waals surface area (Å²) in [6.07, 6.45) is -2.89. The quantitative estimate of drug-likeness (QED) is 0.820. The summed E-state index contributed by atoms with van der Waals surface area (Å²) in [7, 11) is 0. The van der Waals surface area contributed by atoms with Crippen LogP contribution in [0.3, 0.4) is 0 Å². The lowest BCUT2D eigenvalue weighted by molar-refractivity contribution is 0.0683. The first kappa shape index (κ1) is 11.8. The molecule has 0 aromatic carbocycles. The van der Waals surface area contributed by atoms with Gasteiger partial charge in [0.2, 0.25) is 0 Å². The van der Waals surface area contributed by atoms with Gasteiger partial charge in [0.1, 0.15) is 0 Å². The van der Waals surface area contributed by atoms with Gasteiger partial charge in [-0.25, -0.2) is 13.6 Å². The average molecular weight is 236 g/mol. The van der Waals surface area contributed by atoms with Crippen molar-refractivity contribution in [2.75, 3.05) is 0 Å². The van der Waals surface area contributed by atoms with E-state index in [9.17, 15) is 13.6 Å². The molecule has 0 amide bonds. The van der Waals surface area contributed by atoms with E-state index >= 15 is 0 Å². The number of hydrogen-bond donors (Lipinski definition) is 1. The smallest absolute Gasteiger partial charge is 0.336 e. The van der Waals surface area contributed by atoms with Crippen molar-refractivity contribution in [3.8, 4) is 0 Å². The molecule has 0 saturated heterocycles. The number of pyridine rings is 1. The summed E-state index contributed by atoms with van der Waals surface area (Å²) in [6.45, 7) is 1.53. The van der Waals surface area contributed by atoms with Gasteiger partial charge in [-0.05, 0) is 13.0 Å². The van der Waals surface area contributed by atoms with Gasteiger partial charge in [0.25, 0.3) is 6.43 Å². The number of carbonyl (C=O) groups is 1. The highest BCUT2D eigenvalue weighted by atomic mass is 35.5. The van der Waals surface area contributed by atoms with Gasteiger partial charge in [0.05, 0.1) is 22.7 Å². The van der Waals surface area contributed by atoms with E-state index in [2.05, 4.69) is 4.98 Å². The maximum atomic E-state index is 12.6. The summed E-state index contributed by atoms with van der Waals surface area (Å²) >= 11 is 5.44. The molecule has 0 atom stereocenters. The van der Waals surface area contributed by atoms with Gasteiger partial charge in [0, 0.05) is 5.69 Å². The number of aromatic nitrogens is 1. The maximum absolute atomic E-state index is 12.6.